The van der Waals surface area contributed by atoms with Crippen molar-refractivity contribution >= 4 is 0 Å². The maximum Gasteiger partial charge on any atom is 0.0771 e. The van der Waals surface area contributed by atoms with Crippen LogP contribution in [-0.2, 0) is 0 Å². The summed E-state index contributed by atoms with van der Waals surface area (Å²) in [4.78, 5) is 0. The molecule has 1 aliphatic rings. The summed E-state index contributed by atoms with van der Waals surface area (Å²) in [7, 11) is 0. The van der Waals surface area contributed by atoms with Crippen molar-refractivity contribution in [2.24, 2.45) is 5.92 Å². The lowest BCUT2D eigenvalue weighted by molar-refractivity contribution is 0.00440. The van der Waals surface area contributed by atoms with Gasteiger partial charge >= 0.3 is 0 Å². The molecule has 90 valence electrons. The Balaban J connectivity index is 2.12. The van der Waals surface area contributed by atoms with Crippen LogP contribution < -0.4 is 5.32 Å². The molecular weight excluding hydrogens is 186 g/mol. The van der Waals surface area contributed by atoms with Crippen LogP contribution in [0.2, 0.25) is 0 Å². The SMILES string of the molecule is CCC[C@H](C)CNCC1(O)CCCCC1. The highest BCUT2D eigenvalue weighted by atomic mass is 16.3. The lowest BCUT2D eigenvalue weighted by Gasteiger charge is -2.32. The third-order valence-corrected chi connectivity index (χ3v) is 3.51. The minimum Gasteiger partial charge on any atom is -0.389 e. The van der Waals surface area contributed by atoms with E-state index < -0.39 is 5.60 Å². The van der Waals surface area contributed by atoms with Crippen LogP contribution in [0.5, 0.6) is 0 Å². The van der Waals surface area contributed by atoms with E-state index in [0.717, 1.165) is 31.8 Å². The molecule has 0 saturated heterocycles. The lowest BCUT2D eigenvalue weighted by atomic mass is 9.85. The summed E-state index contributed by atoms with van der Waals surface area (Å²) in [6, 6.07) is 0. The van der Waals surface area contributed by atoms with Crippen molar-refractivity contribution in [2.45, 2.75) is 64.4 Å². The summed E-state index contributed by atoms with van der Waals surface area (Å²) in [5.74, 6) is 0.738. The van der Waals surface area contributed by atoms with Gasteiger partial charge in [-0.2, -0.15) is 0 Å². The highest BCUT2D eigenvalue weighted by Crippen LogP contribution is 2.27. The molecule has 2 N–H and O–H groups in total. The van der Waals surface area contributed by atoms with Crippen molar-refractivity contribution in [3.05, 3.63) is 0 Å². The number of nitrogens with one attached hydrogen (secondary N) is 1. The second-order valence-corrected chi connectivity index (χ2v) is 5.31. The Kier molecular flexibility index (Phi) is 5.62. The van der Waals surface area contributed by atoms with E-state index in [1.165, 1.54) is 32.1 Å². The van der Waals surface area contributed by atoms with Gasteiger partial charge in [-0.25, -0.2) is 0 Å². The Morgan fingerprint density at radius 3 is 2.53 bits per heavy atom. The van der Waals surface area contributed by atoms with Crippen LogP contribution in [0, 0.1) is 5.92 Å². The molecule has 0 aromatic heterocycles. The average Bonchev–Trinajstić information content (AvgIpc) is 2.19. The van der Waals surface area contributed by atoms with Gasteiger partial charge in [0.2, 0.25) is 0 Å². The first-order chi connectivity index (χ1) is 7.16. The fraction of sp³-hybridized carbons (Fsp3) is 1.00. The molecule has 1 aliphatic carbocycles. The van der Waals surface area contributed by atoms with E-state index in [1.807, 2.05) is 0 Å². The fourth-order valence-corrected chi connectivity index (χ4v) is 2.53. The fourth-order valence-electron chi connectivity index (χ4n) is 2.53. The topological polar surface area (TPSA) is 32.3 Å². The summed E-state index contributed by atoms with van der Waals surface area (Å²) < 4.78 is 0. The molecule has 1 fully saturated rings. The van der Waals surface area contributed by atoms with Crippen LogP contribution in [0.15, 0.2) is 0 Å². The van der Waals surface area contributed by atoms with Gasteiger partial charge in [-0.15, -0.1) is 0 Å². The molecule has 2 nitrogen and oxygen atoms in total. The Labute approximate surface area is 94.5 Å². The van der Waals surface area contributed by atoms with Gasteiger partial charge in [0, 0.05) is 6.54 Å². The Morgan fingerprint density at radius 1 is 1.27 bits per heavy atom. The summed E-state index contributed by atoms with van der Waals surface area (Å²) in [6.45, 7) is 6.35. The average molecular weight is 213 g/mol. The van der Waals surface area contributed by atoms with Gasteiger partial charge < -0.3 is 10.4 Å². The van der Waals surface area contributed by atoms with Crippen LogP contribution in [0.4, 0.5) is 0 Å². The molecule has 0 aromatic carbocycles. The zero-order valence-corrected chi connectivity index (χ0v) is 10.4. The van der Waals surface area contributed by atoms with Gasteiger partial charge in [-0.3, -0.25) is 0 Å². The van der Waals surface area contributed by atoms with Gasteiger partial charge in [0.1, 0.15) is 0 Å². The summed E-state index contributed by atoms with van der Waals surface area (Å²) in [5.41, 5.74) is -0.399. The first-order valence-corrected chi connectivity index (χ1v) is 6.59. The van der Waals surface area contributed by atoms with Crippen LogP contribution >= 0.6 is 0 Å². The van der Waals surface area contributed by atoms with Gasteiger partial charge in [0.15, 0.2) is 0 Å². The molecule has 0 amide bonds. The van der Waals surface area contributed by atoms with E-state index in [0.29, 0.717) is 0 Å². The maximum atomic E-state index is 10.3. The standard InChI is InChI=1S/C13H27NO/c1-3-7-12(2)10-14-11-13(15)8-5-4-6-9-13/h12,14-15H,3-11H2,1-2H3/t12-/m0/s1. The number of hydrogen-bond donors (Lipinski definition) is 2. The van der Waals surface area contributed by atoms with Crippen molar-refractivity contribution < 1.29 is 5.11 Å². The quantitative estimate of drug-likeness (QED) is 0.711. The third kappa shape index (κ3) is 4.98. The van der Waals surface area contributed by atoms with Crippen LogP contribution in [0.25, 0.3) is 0 Å². The Hall–Kier alpha value is -0.0800. The summed E-state index contributed by atoms with van der Waals surface area (Å²) in [6.07, 6.45) is 8.21. The number of hydrogen-bond acceptors (Lipinski definition) is 2. The minimum atomic E-state index is -0.399. The number of aliphatic hydroxyl groups is 1. The molecule has 2 heteroatoms. The lowest BCUT2D eigenvalue weighted by Crippen LogP contribution is -2.43. The molecule has 1 saturated carbocycles. The van der Waals surface area contributed by atoms with Crippen molar-refractivity contribution in [3.63, 3.8) is 0 Å². The molecule has 0 radical (unpaired) electrons. The number of rotatable bonds is 6. The van der Waals surface area contributed by atoms with Gasteiger partial charge in [-0.05, 0) is 31.7 Å². The third-order valence-electron chi connectivity index (χ3n) is 3.51. The smallest absolute Gasteiger partial charge is 0.0771 e. The highest BCUT2D eigenvalue weighted by molar-refractivity contribution is 4.84. The minimum absolute atomic E-state index is 0.399. The largest absolute Gasteiger partial charge is 0.389 e. The molecule has 15 heavy (non-hydrogen) atoms. The molecule has 0 aliphatic heterocycles. The monoisotopic (exact) mass is 213 g/mol. The molecule has 0 heterocycles. The van der Waals surface area contributed by atoms with Crippen molar-refractivity contribution in [3.8, 4) is 0 Å². The molecule has 1 rings (SSSR count). The van der Waals surface area contributed by atoms with Gasteiger partial charge in [0.25, 0.3) is 0 Å². The second-order valence-electron chi connectivity index (χ2n) is 5.31. The maximum absolute atomic E-state index is 10.3. The van der Waals surface area contributed by atoms with Gasteiger partial charge in [-0.1, -0.05) is 39.5 Å². The van der Waals surface area contributed by atoms with Crippen molar-refractivity contribution in [1.29, 1.82) is 0 Å². The van der Waals surface area contributed by atoms with Crippen LogP contribution in [0.1, 0.15) is 58.8 Å². The summed E-state index contributed by atoms with van der Waals surface area (Å²) >= 11 is 0. The van der Waals surface area contributed by atoms with E-state index in [9.17, 15) is 5.11 Å². The Bertz CT molecular complexity index is 164. The normalized spacial score (nSPS) is 22.6. The van der Waals surface area contributed by atoms with E-state index in [2.05, 4.69) is 19.2 Å². The zero-order chi connectivity index (χ0) is 11.1. The zero-order valence-electron chi connectivity index (χ0n) is 10.4. The molecule has 0 spiro atoms. The Morgan fingerprint density at radius 2 is 1.93 bits per heavy atom. The van der Waals surface area contributed by atoms with Crippen LogP contribution in [-0.4, -0.2) is 23.8 Å². The first kappa shape index (κ1) is 13.0. The van der Waals surface area contributed by atoms with E-state index in [4.69, 9.17) is 0 Å². The van der Waals surface area contributed by atoms with E-state index >= 15 is 0 Å². The molecule has 0 aromatic rings. The summed E-state index contributed by atoms with van der Waals surface area (Å²) in [5, 5.41) is 13.7. The molecule has 0 unspecified atom stereocenters. The van der Waals surface area contributed by atoms with Crippen molar-refractivity contribution in [2.75, 3.05) is 13.1 Å². The van der Waals surface area contributed by atoms with E-state index in [1.54, 1.807) is 0 Å². The predicted octanol–water partition coefficient (Wildman–Crippen LogP) is 2.71. The predicted molar refractivity (Wildman–Crippen MR) is 65.0 cm³/mol. The molecule has 0 bridgehead atoms. The van der Waals surface area contributed by atoms with Crippen molar-refractivity contribution in [1.82, 2.24) is 5.32 Å². The first-order valence-electron chi connectivity index (χ1n) is 6.59. The second kappa shape index (κ2) is 6.49. The van der Waals surface area contributed by atoms with Gasteiger partial charge in [0.05, 0.1) is 5.60 Å². The molecular formula is C13H27NO. The highest BCUT2D eigenvalue weighted by Gasteiger charge is 2.28. The van der Waals surface area contributed by atoms with E-state index in [-0.39, 0.29) is 0 Å². The van der Waals surface area contributed by atoms with Crippen LogP contribution in [0.3, 0.4) is 0 Å². The molecule has 1 atom stereocenters.